The van der Waals surface area contributed by atoms with E-state index in [9.17, 15) is 22.4 Å². The van der Waals surface area contributed by atoms with Crippen molar-refractivity contribution in [2.24, 2.45) is 0 Å². The summed E-state index contributed by atoms with van der Waals surface area (Å²) in [7, 11) is -3.67. The highest BCUT2D eigenvalue weighted by atomic mass is 79.9. The Kier molecular flexibility index (Phi) is 12.3. The Labute approximate surface area is 250 Å². The molecule has 0 bridgehead atoms. The molecule has 220 valence electrons. The molecule has 0 radical (unpaired) electrons. The van der Waals surface area contributed by atoms with Gasteiger partial charge in [0.1, 0.15) is 11.9 Å². The van der Waals surface area contributed by atoms with Crippen LogP contribution in [0.3, 0.4) is 0 Å². The van der Waals surface area contributed by atoms with Crippen LogP contribution < -0.4 is 9.62 Å². The molecule has 0 aliphatic carbocycles. The maximum Gasteiger partial charge on any atom is 0.243 e. The largest absolute Gasteiger partial charge is 0.354 e. The monoisotopic (exact) mass is 645 g/mol. The van der Waals surface area contributed by atoms with E-state index >= 15 is 0 Å². The zero-order chi connectivity index (χ0) is 29.8. The predicted molar refractivity (Wildman–Crippen MR) is 164 cm³/mol. The van der Waals surface area contributed by atoms with Crippen LogP contribution in [-0.4, -0.2) is 50.5 Å². The van der Waals surface area contributed by atoms with Crippen molar-refractivity contribution >= 4 is 43.5 Å². The van der Waals surface area contributed by atoms with E-state index in [1.54, 1.807) is 4.90 Å². The molecule has 0 saturated heterocycles. The fraction of sp³-hybridized carbons (Fsp3) is 0.355. The molecule has 7 nitrogen and oxygen atoms in total. The molecule has 0 heterocycles. The number of hydrogen-bond donors (Lipinski definition) is 1. The van der Waals surface area contributed by atoms with Crippen molar-refractivity contribution < 1.29 is 22.4 Å². The van der Waals surface area contributed by atoms with E-state index in [0.29, 0.717) is 18.7 Å². The van der Waals surface area contributed by atoms with Crippen molar-refractivity contribution in [1.82, 2.24) is 10.2 Å². The number of sulfonamides is 1. The second-order valence-electron chi connectivity index (χ2n) is 9.91. The minimum atomic E-state index is -3.67. The van der Waals surface area contributed by atoms with Crippen LogP contribution >= 0.6 is 15.9 Å². The average Bonchev–Trinajstić information content (AvgIpc) is 2.94. The normalized spacial score (nSPS) is 12.0. The third-order valence-corrected chi connectivity index (χ3v) is 8.36. The topological polar surface area (TPSA) is 86.8 Å². The van der Waals surface area contributed by atoms with Gasteiger partial charge in [-0.1, -0.05) is 71.7 Å². The number of rotatable bonds is 15. The van der Waals surface area contributed by atoms with Gasteiger partial charge in [0.15, 0.2) is 0 Å². The maximum atomic E-state index is 13.8. The van der Waals surface area contributed by atoms with Crippen molar-refractivity contribution in [3.63, 3.8) is 0 Å². The maximum absolute atomic E-state index is 13.8. The summed E-state index contributed by atoms with van der Waals surface area (Å²) in [6, 6.07) is 21.6. The van der Waals surface area contributed by atoms with Crippen molar-refractivity contribution in [3.05, 3.63) is 100 Å². The van der Waals surface area contributed by atoms with E-state index in [4.69, 9.17) is 0 Å². The van der Waals surface area contributed by atoms with Crippen molar-refractivity contribution in [2.75, 3.05) is 23.7 Å². The van der Waals surface area contributed by atoms with Crippen LogP contribution in [-0.2, 0) is 32.6 Å². The van der Waals surface area contributed by atoms with E-state index < -0.39 is 21.9 Å². The number of nitrogens with zero attached hydrogens (tertiary/aromatic N) is 2. The Balaban J connectivity index is 1.86. The number of benzene rings is 3. The minimum Gasteiger partial charge on any atom is -0.354 e. The first kappa shape index (κ1) is 32.3. The van der Waals surface area contributed by atoms with E-state index in [0.717, 1.165) is 39.0 Å². The molecule has 0 fully saturated rings. The molecule has 3 aromatic rings. The standard InChI is InChI=1S/C31H37BrFN3O4S/c1-3-4-20-34-31(38)29(22-24-9-6-5-7-10-24)35(23-25-12-14-26(32)15-13-25)30(37)11-8-21-36(41(2,39)40)28-18-16-27(33)17-19-28/h5-7,9-10,12-19,29H,3-4,8,11,20-23H2,1-2H3,(H,34,38)/t29-/m1/s1. The summed E-state index contributed by atoms with van der Waals surface area (Å²) >= 11 is 3.44. The molecule has 0 aromatic heterocycles. The molecule has 1 N–H and O–H groups in total. The second kappa shape index (κ2) is 15.7. The van der Waals surface area contributed by atoms with Gasteiger partial charge in [-0.25, -0.2) is 12.8 Å². The molecular formula is C31H37BrFN3O4S. The van der Waals surface area contributed by atoms with Crippen LogP contribution in [0.4, 0.5) is 10.1 Å². The summed E-state index contributed by atoms with van der Waals surface area (Å²) in [5.74, 6) is -0.952. The minimum absolute atomic E-state index is 0.0251. The van der Waals surface area contributed by atoms with Crippen LogP contribution in [0, 0.1) is 5.82 Å². The number of unbranched alkanes of at least 4 members (excludes halogenated alkanes) is 1. The predicted octanol–water partition coefficient (Wildman–Crippen LogP) is 5.69. The fourth-order valence-electron chi connectivity index (χ4n) is 4.46. The summed E-state index contributed by atoms with van der Waals surface area (Å²) in [4.78, 5) is 28.9. The van der Waals surface area contributed by atoms with Gasteiger partial charge >= 0.3 is 0 Å². The van der Waals surface area contributed by atoms with Crippen LogP contribution in [0.15, 0.2) is 83.3 Å². The molecular weight excluding hydrogens is 609 g/mol. The molecule has 0 aliphatic heterocycles. The summed E-state index contributed by atoms with van der Waals surface area (Å²) in [6.07, 6.45) is 3.42. The highest BCUT2D eigenvalue weighted by Gasteiger charge is 2.30. The molecule has 1 atom stereocenters. The number of hydrogen-bond acceptors (Lipinski definition) is 4. The highest BCUT2D eigenvalue weighted by Crippen LogP contribution is 2.21. The summed E-state index contributed by atoms with van der Waals surface area (Å²) in [5.41, 5.74) is 2.12. The Morgan fingerprint density at radius 3 is 2.20 bits per heavy atom. The van der Waals surface area contributed by atoms with Gasteiger partial charge in [0, 0.05) is 36.9 Å². The Morgan fingerprint density at radius 2 is 1.59 bits per heavy atom. The lowest BCUT2D eigenvalue weighted by Crippen LogP contribution is -2.50. The number of amides is 2. The van der Waals surface area contributed by atoms with Crippen LogP contribution in [0.2, 0.25) is 0 Å². The number of nitrogens with one attached hydrogen (secondary N) is 1. The van der Waals surface area contributed by atoms with Gasteiger partial charge in [-0.2, -0.15) is 0 Å². The van der Waals surface area contributed by atoms with Crippen LogP contribution in [0.5, 0.6) is 0 Å². The Morgan fingerprint density at radius 1 is 0.927 bits per heavy atom. The van der Waals surface area contributed by atoms with Crippen LogP contribution in [0.1, 0.15) is 43.7 Å². The molecule has 3 rings (SSSR count). The fourth-order valence-corrected chi connectivity index (χ4v) is 5.69. The third kappa shape index (κ3) is 10.3. The van der Waals surface area contributed by atoms with E-state index in [1.165, 1.54) is 24.3 Å². The molecule has 2 amide bonds. The summed E-state index contributed by atoms with van der Waals surface area (Å²) < 4.78 is 40.5. The molecule has 0 aliphatic rings. The third-order valence-electron chi connectivity index (χ3n) is 6.63. The highest BCUT2D eigenvalue weighted by molar-refractivity contribution is 9.10. The Hall–Kier alpha value is -3.24. The molecule has 0 saturated carbocycles. The van der Waals surface area contributed by atoms with E-state index in [1.807, 2.05) is 61.5 Å². The van der Waals surface area contributed by atoms with Gasteiger partial charge in [-0.3, -0.25) is 13.9 Å². The van der Waals surface area contributed by atoms with Crippen molar-refractivity contribution in [3.8, 4) is 0 Å². The first-order valence-electron chi connectivity index (χ1n) is 13.7. The average molecular weight is 647 g/mol. The first-order chi connectivity index (χ1) is 19.6. The smallest absolute Gasteiger partial charge is 0.243 e. The van der Waals surface area contributed by atoms with E-state index in [-0.39, 0.29) is 37.7 Å². The summed E-state index contributed by atoms with van der Waals surface area (Å²) in [5, 5.41) is 3.00. The molecule has 3 aromatic carbocycles. The molecule has 10 heteroatoms. The van der Waals surface area contributed by atoms with E-state index in [2.05, 4.69) is 21.2 Å². The van der Waals surface area contributed by atoms with Gasteiger partial charge in [0.05, 0.1) is 11.9 Å². The van der Waals surface area contributed by atoms with Crippen molar-refractivity contribution in [2.45, 2.75) is 51.6 Å². The number of carbonyl (C=O) groups excluding carboxylic acids is 2. The SMILES string of the molecule is CCCCNC(=O)[C@@H](Cc1ccccc1)N(Cc1ccc(Br)cc1)C(=O)CCCN(c1ccc(F)cc1)S(C)(=O)=O. The van der Waals surface area contributed by atoms with Crippen LogP contribution in [0.25, 0.3) is 0 Å². The van der Waals surface area contributed by atoms with Crippen molar-refractivity contribution in [1.29, 1.82) is 0 Å². The lowest BCUT2D eigenvalue weighted by molar-refractivity contribution is -0.141. The van der Waals surface area contributed by atoms with Gasteiger partial charge < -0.3 is 10.2 Å². The quantitative estimate of drug-likeness (QED) is 0.215. The number of anilines is 1. The molecule has 0 spiro atoms. The number of halogens is 2. The lowest BCUT2D eigenvalue weighted by atomic mass is 10.0. The van der Waals surface area contributed by atoms with Gasteiger partial charge in [-0.05, 0) is 60.4 Å². The molecule has 0 unspecified atom stereocenters. The lowest BCUT2D eigenvalue weighted by Gasteiger charge is -2.32. The van der Waals surface area contributed by atoms with Gasteiger partial charge in [0.25, 0.3) is 0 Å². The zero-order valence-electron chi connectivity index (χ0n) is 23.4. The number of carbonyl (C=O) groups is 2. The first-order valence-corrected chi connectivity index (χ1v) is 16.3. The van der Waals surface area contributed by atoms with Gasteiger partial charge in [0.2, 0.25) is 21.8 Å². The summed E-state index contributed by atoms with van der Waals surface area (Å²) in [6.45, 7) is 2.82. The zero-order valence-corrected chi connectivity index (χ0v) is 25.8. The van der Waals surface area contributed by atoms with Gasteiger partial charge in [-0.15, -0.1) is 0 Å². The molecule has 41 heavy (non-hydrogen) atoms. The Bertz CT molecular complexity index is 1370. The second-order valence-corrected chi connectivity index (χ2v) is 12.7.